The van der Waals surface area contributed by atoms with Crippen LogP contribution >= 0.6 is 11.6 Å². The van der Waals surface area contributed by atoms with Crippen molar-refractivity contribution >= 4 is 62.3 Å². The summed E-state index contributed by atoms with van der Waals surface area (Å²) in [5.74, 6) is -4.20. The molecule has 16 heteroatoms. The van der Waals surface area contributed by atoms with E-state index in [4.69, 9.17) is 26.5 Å². The van der Waals surface area contributed by atoms with E-state index in [1.807, 2.05) is 4.72 Å². The number of aromatic nitrogens is 1. The largest absolute Gasteiger partial charge is 0.497 e. The molecule has 0 saturated carbocycles. The van der Waals surface area contributed by atoms with E-state index in [9.17, 15) is 27.6 Å². The lowest BCUT2D eigenvalue weighted by atomic mass is 9.96. The fraction of sp³-hybridized carbons (Fsp3) is 0.368. The quantitative estimate of drug-likeness (QED) is 0.142. The zero-order valence-electron chi connectivity index (χ0n) is 30.7. The number of carbonyl (C=O) groups excluding carboxylic acids is 5. The molecule has 3 aromatic carbocycles. The lowest BCUT2D eigenvalue weighted by molar-refractivity contribution is -0.788. The molecule has 2 heterocycles. The van der Waals surface area contributed by atoms with Crippen molar-refractivity contribution in [2.45, 2.75) is 70.5 Å². The molecule has 4 aromatic rings. The minimum Gasteiger partial charge on any atom is -0.497 e. The number of benzene rings is 3. The highest BCUT2D eigenvalue weighted by Crippen LogP contribution is 2.34. The van der Waals surface area contributed by atoms with Gasteiger partial charge in [-0.1, -0.05) is 39.3 Å². The van der Waals surface area contributed by atoms with E-state index < -0.39 is 68.1 Å². The zero-order valence-corrected chi connectivity index (χ0v) is 32.3. The number of halogens is 1. The van der Waals surface area contributed by atoms with Crippen molar-refractivity contribution in [3.8, 4) is 5.75 Å². The fourth-order valence-electron chi connectivity index (χ4n) is 6.60. The van der Waals surface area contributed by atoms with Crippen LogP contribution in [0.5, 0.6) is 5.75 Å². The Bertz CT molecular complexity index is 2200. The molecular formula is C38H43ClN5O9S+. The summed E-state index contributed by atoms with van der Waals surface area (Å²) in [6.07, 6.45) is 0.974. The van der Waals surface area contributed by atoms with Gasteiger partial charge in [0.15, 0.2) is 5.58 Å². The van der Waals surface area contributed by atoms with E-state index in [-0.39, 0.29) is 40.0 Å². The molecule has 4 atom stereocenters. The Kier molecular flexibility index (Phi) is 11.8. The van der Waals surface area contributed by atoms with E-state index in [2.05, 4.69) is 4.98 Å². The highest BCUT2D eigenvalue weighted by molar-refractivity contribution is 7.90. The molecule has 5 amide bonds. The summed E-state index contributed by atoms with van der Waals surface area (Å²) >= 11 is 5.86. The Morgan fingerprint density at radius 2 is 1.59 bits per heavy atom. The van der Waals surface area contributed by atoms with Gasteiger partial charge < -0.3 is 14.9 Å². The first-order valence-corrected chi connectivity index (χ1v) is 19.3. The molecule has 1 aliphatic rings. The van der Waals surface area contributed by atoms with Crippen LogP contribution in [0.1, 0.15) is 78.9 Å². The molecule has 0 aliphatic carbocycles. The van der Waals surface area contributed by atoms with Crippen LogP contribution in [0.25, 0.3) is 11.1 Å². The van der Waals surface area contributed by atoms with E-state index in [0.717, 1.165) is 4.90 Å². The lowest BCUT2D eigenvalue weighted by Crippen LogP contribution is -2.70. The van der Waals surface area contributed by atoms with Gasteiger partial charge in [-0.3, -0.25) is 14.4 Å². The number of ketones is 1. The predicted molar refractivity (Wildman–Crippen MR) is 199 cm³/mol. The van der Waals surface area contributed by atoms with Gasteiger partial charge in [0.2, 0.25) is 5.78 Å². The van der Waals surface area contributed by atoms with Crippen LogP contribution in [0, 0.1) is 11.8 Å². The van der Waals surface area contributed by atoms with Gasteiger partial charge in [-0.25, -0.2) is 32.6 Å². The number of amides is 5. The molecule has 0 spiro atoms. The van der Waals surface area contributed by atoms with Gasteiger partial charge >= 0.3 is 11.9 Å². The van der Waals surface area contributed by atoms with Crippen molar-refractivity contribution in [3.05, 3.63) is 88.8 Å². The van der Waals surface area contributed by atoms with Gasteiger partial charge in [0.05, 0.1) is 18.6 Å². The van der Waals surface area contributed by atoms with E-state index in [1.165, 1.54) is 55.6 Å². The number of quaternary nitrogens is 1. The second-order valence-corrected chi connectivity index (χ2v) is 16.1. The number of nitrogens with zero attached hydrogens (tertiary/aromatic N) is 3. The molecule has 3 unspecified atom stereocenters. The van der Waals surface area contributed by atoms with E-state index >= 15 is 4.79 Å². The van der Waals surface area contributed by atoms with Gasteiger partial charge in [-0.2, -0.15) is 4.48 Å². The number of rotatable bonds is 11. The van der Waals surface area contributed by atoms with Crippen LogP contribution in [0.4, 0.5) is 4.79 Å². The summed E-state index contributed by atoms with van der Waals surface area (Å²) in [6, 6.07) is 10.8. The number of hydrogen-bond acceptors (Lipinski definition) is 11. The van der Waals surface area contributed by atoms with Crippen molar-refractivity contribution in [2.24, 2.45) is 17.6 Å². The third-order valence-electron chi connectivity index (χ3n) is 9.78. The Morgan fingerprint density at radius 3 is 2.15 bits per heavy atom. The average molecular weight is 781 g/mol. The summed E-state index contributed by atoms with van der Waals surface area (Å²) in [5, 5.41) is 0.309. The Balaban J connectivity index is 1.57. The summed E-state index contributed by atoms with van der Waals surface area (Å²) in [7, 11) is -2.79. The Labute approximate surface area is 318 Å². The van der Waals surface area contributed by atoms with Crippen molar-refractivity contribution < 1.29 is 46.0 Å². The van der Waals surface area contributed by atoms with Crippen molar-refractivity contribution in [1.29, 1.82) is 0 Å². The summed E-state index contributed by atoms with van der Waals surface area (Å²) in [6.45, 7) is 8.62. The van der Waals surface area contributed by atoms with Gasteiger partial charge in [-0.05, 0) is 79.4 Å². The van der Waals surface area contributed by atoms with E-state index in [1.54, 1.807) is 52.8 Å². The zero-order chi connectivity index (χ0) is 39.7. The molecule has 5 rings (SSSR count). The number of urea groups is 1. The molecule has 286 valence electrons. The lowest BCUT2D eigenvalue weighted by Gasteiger charge is -2.40. The fourth-order valence-corrected chi connectivity index (χ4v) is 7.70. The van der Waals surface area contributed by atoms with Crippen LogP contribution in [-0.2, 0) is 14.8 Å². The topological polar surface area (TPSA) is 196 Å². The monoisotopic (exact) mass is 780 g/mol. The van der Waals surface area contributed by atoms with Crippen LogP contribution < -0.4 is 15.2 Å². The summed E-state index contributed by atoms with van der Waals surface area (Å²) in [5.41, 5.74) is 6.74. The molecule has 1 saturated heterocycles. The molecule has 14 nitrogen and oxygen atoms in total. The van der Waals surface area contributed by atoms with Crippen molar-refractivity contribution in [3.63, 3.8) is 0 Å². The smallest absolute Gasteiger partial charge is 0.434 e. The average Bonchev–Trinajstić information content (AvgIpc) is 3.75. The first kappa shape index (κ1) is 40.2. The SMILES string of the molecule is COc1ccc2oc(C(=O)C(C(C)C)N(C(=O)c3ccc(C(=O)NS(=O)(=O)c4ccc(Cl)cc4)cc3)C(=O)[N@@+]3(C(=O)C(N)C(C)C)CCCC3C)nc2c1. The minimum atomic E-state index is -4.27. The first-order valence-electron chi connectivity index (χ1n) is 17.4. The Hall–Kier alpha value is -4.96. The predicted octanol–water partition coefficient (Wildman–Crippen LogP) is 5.59. The van der Waals surface area contributed by atoms with Gasteiger partial charge in [0.1, 0.15) is 29.4 Å². The molecule has 0 bridgehead atoms. The number of fused-ring (bicyclic) bond motifs is 1. The van der Waals surface area contributed by atoms with E-state index in [0.29, 0.717) is 29.1 Å². The molecule has 1 aliphatic heterocycles. The highest BCUT2D eigenvalue weighted by atomic mass is 35.5. The number of likely N-dealkylation sites (tertiary alicyclic amines) is 1. The maximum atomic E-state index is 15.1. The molecule has 54 heavy (non-hydrogen) atoms. The van der Waals surface area contributed by atoms with Gasteiger partial charge in [0, 0.05) is 35.1 Å². The number of Topliss-reactive ketones (excluding diaryl/α,β-unsaturated/α-hetero) is 1. The molecule has 1 aromatic heterocycles. The van der Waals surface area contributed by atoms with Gasteiger partial charge in [-0.15, -0.1) is 0 Å². The number of nitrogens with two attached hydrogens (primary N) is 1. The maximum absolute atomic E-state index is 15.1. The van der Waals surface area contributed by atoms with Gasteiger partial charge in [0.25, 0.3) is 27.7 Å². The second-order valence-electron chi connectivity index (χ2n) is 14.0. The number of ether oxygens (including phenoxy) is 1. The van der Waals surface area contributed by atoms with Crippen molar-refractivity contribution in [2.75, 3.05) is 13.7 Å². The summed E-state index contributed by atoms with van der Waals surface area (Å²) < 4.78 is 38.0. The Morgan fingerprint density at radius 1 is 0.963 bits per heavy atom. The summed E-state index contributed by atoms with van der Waals surface area (Å²) in [4.78, 5) is 76.5. The second kappa shape index (κ2) is 15.8. The minimum absolute atomic E-state index is 0.0614. The van der Waals surface area contributed by atoms with Crippen LogP contribution in [0.15, 0.2) is 76.0 Å². The number of imide groups is 2. The highest BCUT2D eigenvalue weighted by Gasteiger charge is 2.59. The molecule has 0 radical (unpaired) electrons. The van der Waals surface area contributed by atoms with Crippen LogP contribution in [0.2, 0.25) is 5.02 Å². The number of methoxy groups -OCH3 is 1. The van der Waals surface area contributed by atoms with Crippen molar-refractivity contribution in [1.82, 2.24) is 14.6 Å². The van der Waals surface area contributed by atoms with Crippen LogP contribution in [-0.4, -0.2) is 84.1 Å². The number of sulfonamides is 1. The first-order chi connectivity index (χ1) is 25.4. The number of carbonyl (C=O) groups is 5. The molecule has 3 N–H and O–H groups in total. The van der Waals surface area contributed by atoms with Crippen LogP contribution in [0.3, 0.4) is 0 Å². The third kappa shape index (κ3) is 7.67. The number of nitrogens with one attached hydrogen (secondary N) is 1. The normalized spacial score (nSPS) is 18.4. The molecular weight excluding hydrogens is 738 g/mol. The number of hydrogen-bond donors (Lipinski definition) is 2. The molecule has 1 fully saturated rings. The number of oxazole rings is 1. The maximum Gasteiger partial charge on any atom is 0.434 e. The standard InChI is InChI=1S/C38H42ClN5O9S/c1-21(2)31(40)37(48)44(19-7-8-23(44)5)38(49)43(32(22(3)4)33(45)35-41-29-20-27(52-6)15-18-30(29)53-35)36(47)25-11-9-24(10-12-25)34(46)42-54(50,51)28-16-13-26(39)14-17-28/h9-18,20-23,31-32H,7-8,19,40H2,1-6H3/p+1/t23?,31?,32?,44-/m0/s1. The third-order valence-corrected chi connectivity index (χ3v) is 11.4.